The van der Waals surface area contributed by atoms with Gasteiger partial charge in [0.15, 0.2) is 5.96 Å². The number of nitrogens with two attached hydrogens (primary N) is 1. The lowest BCUT2D eigenvalue weighted by Crippen LogP contribution is -2.50. The fourth-order valence-corrected chi connectivity index (χ4v) is 5.14. The molecule has 1 heterocycles. The quantitative estimate of drug-likeness (QED) is 0.107. The van der Waals surface area contributed by atoms with Crippen LogP contribution in [0.5, 0.6) is 0 Å². The molecule has 3 aromatic rings. The monoisotopic (exact) mass is 685 g/mol. The van der Waals surface area contributed by atoms with E-state index >= 15 is 0 Å². The molecule has 2 atom stereocenters. The van der Waals surface area contributed by atoms with Crippen LogP contribution in [0.25, 0.3) is 10.9 Å². The number of aryl methyl sites for hydroxylation is 3. The molecule has 18 heteroatoms. The molecule has 2 aliphatic carbocycles. The summed E-state index contributed by atoms with van der Waals surface area (Å²) in [6.45, 7) is 2.03. The van der Waals surface area contributed by atoms with E-state index in [0.29, 0.717) is 11.3 Å². The summed E-state index contributed by atoms with van der Waals surface area (Å²) in [5.41, 5.74) is 10.9. The molecule has 12 nitrogen and oxygen atoms in total. The number of rotatable bonds is 5. The maximum absolute atomic E-state index is 13.2. The van der Waals surface area contributed by atoms with Crippen LogP contribution >= 0.6 is 0 Å². The summed E-state index contributed by atoms with van der Waals surface area (Å²) < 4.78 is 63.5. The van der Waals surface area contributed by atoms with Gasteiger partial charge in [0.05, 0.1) is 5.52 Å². The Bertz CT molecular complexity index is 1640. The zero-order valence-corrected chi connectivity index (χ0v) is 25.4. The molecular formula is C30H33F6N7O5. The van der Waals surface area contributed by atoms with Crippen molar-refractivity contribution in [2.75, 3.05) is 10.6 Å². The van der Waals surface area contributed by atoms with Crippen LogP contribution in [-0.4, -0.2) is 68.4 Å². The zero-order valence-electron chi connectivity index (χ0n) is 25.4. The lowest BCUT2D eigenvalue weighted by atomic mass is 9.90. The molecule has 1 saturated carbocycles. The van der Waals surface area contributed by atoms with Gasteiger partial charge in [-0.25, -0.2) is 19.6 Å². The Labute approximate surface area is 269 Å². The number of hydrogen-bond acceptors (Lipinski definition) is 7. The first-order valence-corrected chi connectivity index (χ1v) is 14.5. The topological polar surface area (TPSA) is 203 Å². The third-order valence-electron chi connectivity index (χ3n) is 7.32. The van der Waals surface area contributed by atoms with Crippen LogP contribution in [0.3, 0.4) is 0 Å². The van der Waals surface area contributed by atoms with Gasteiger partial charge in [0.25, 0.3) is 5.91 Å². The van der Waals surface area contributed by atoms with Crippen LogP contribution in [0.15, 0.2) is 36.4 Å². The van der Waals surface area contributed by atoms with E-state index < -0.39 is 24.3 Å². The number of aliphatic carboxylic acids is 2. The highest BCUT2D eigenvalue weighted by atomic mass is 19.4. The van der Waals surface area contributed by atoms with Crippen LogP contribution in [0.4, 0.5) is 37.8 Å². The summed E-state index contributed by atoms with van der Waals surface area (Å²) in [6.07, 6.45) is -2.83. The number of alkyl halides is 6. The van der Waals surface area contributed by atoms with Crippen molar-refractivity contribution in [1.29, 1.82) is 5.41 Å². The number of halogens is 6. The van der Waals surface area contributed by atoms with Crippen molar-refractivity contribution in [1.82, 2.24) is 15.3 Å². The molecule has 2 unspecified atom stereocenters. The minimum absolute atomic E-state index is 0.0310. The summed E-state index contributed by atoms with van der Waals surface area (Å²) in [5, 5.41) is 32.4. The molecule has 1 amide bonds. The Hall–Kier alpha value is -5.16. The Morgan fingerprint density at radius 2 is 1.44 bits per heavy atom. The van der Waals surface area contributed by atoms with E-state index in [0.717, 1.165) is 61.6 Å². The summed E-state index contributed by atoms with van der Waals surface area (Å²) in [4.78, 5) is 40.2. The lowest BCUT2D eigenvalue weighted by Gasteiger charge is -2.33. The average molecular weight is 686 g/mol. The van der Waals surface area contributed by atoms with E-state index in [-0.39, 0.29) is 29.8 Å². The van der Waals surface area contributed by atoms with Gasteiger partial charge < -0.3 is 31.9 Å². The molecule has 48 heavy (non-hydrogen) atoms. The van der Waals surface area contributed by atoms with Crippen molar-refractivity contribution in [2.45, 2.75) is 76.3 Å². The van der Waals surface area contributed by atoms with Gasteiger partial charge in [0.2, 0.25) is 5.82 Å². The number of nitrogens with one attached hydrogen (secondary N) is 4. The molecule has 1 fully saturated rings. The number of aromatic nitrogens is 2. The number of carboxylic acids is 2. The van der Waals surface area contributed by atoms with Gasteiger partial charge in [0, 0.05) is 23.2 Å². The van der Waals surface area contributed by atoms with Gasteiger partial charge in [-0.1, -0.05) is 30.5 Å². The SMILES string of the molecule is Cc1ccc2nc(C(=O)Nc3ccc4c(c3)CCC4)nc(NC3CCCCC3NC(=N)N)c2c1.O=C(O)C(F)(F)F.O=C(O)C(F)(F)F. The van der Waals surface area contributed by atoms with Crippen LogP contribution in [0.1, 0.15) is 59.4 Å². The predicted molar refractivity (Wildman–Crippen MR) is 163 cm³/mol. The molecule has 2 aliphatic rings. The lowest BCUT2D eigenvalue weighted by molar-refractivity contribution is -0.193. The normalized spacial score (nSPS) is 17.1. The first kappa shape index (κ1) is 37.3. The third kappa shape index (κ3) is 10.7. The highest BCUT2D eigenvalue weighted by molar-refractivity contribution is 6.04. The van der Waals surface area contributed by atoms with Gasteiger partial charge >= 0.3 is 24.3 Å². The average Bonchev–Trinajstić information content (AvgIpc) is 3.46. The highest BCUT2D eigenvalue weighted by Crippen LogP contribution is 2.28. The highest BCUT2D eigenvalue weighted by Gasteiger charge is 2.39. The number of nitrogens with zero attached hydrogens (tertiary/aromatic N) is 2. The van der Waals surface area contributed by atoms with Crippen molar-refractivity contribution < 1.29 is 50.9 Å². The molecule has 0 aliphatic heterocycles. The van der Waals surface area contributed by atoms with Gasteiger partial charge in [0.1, 0.15) is 5.82 Å². The molecule has 8 N–H and O–H groups in total. The molecule has 1 aromatic heterocycles. The number of hydrogen-bond donors (Lipinski definition) is 7. The van der Waals surface area contributed by atoms with Crippen molar-refractivity contribution in [3.63, 3.8) is 0 Å². The molecule has 0 bridgehead atoms. The smallest absolute Gasteiger partial charge is 0.475 e. The fourth-order valence-electron chi connectivity index (χ4n) is 5.14. The van der Waals surface area contributed by atoms with Crippen molar-refractivity contribution in [3.05, 3.63) is 58.9 Å². The number of carboxylic acid groups (broad SMARTS) is 2. The molecule has 0 saturated heterocycles. The predicted octanol–water partition coefficient (Wildman–Crippen LogP) is 5.15. The molecule has 5 rings (SSSR count). The van der Waals surface area contributed by atoms with Crippen LogP contribution in [0.2, 0.25) is 0 Å². The van der Waals surface area contributed by atoms with E-state index in [1.54, 1.807) is 0 Å². The van der Waals surface area contributed by atoms with E-state index in [2.05, 4.69) is 38.1 Å². The minimum Gasteiger partial charge on any atom is -0.475 e. The van der Waals surface area contributed by atoms with Gasteiger partial charge in [-0.3, -0.25) is 10.2 Å². The molecule has 0 spiro atoms. The third-order valence-corrected chi connectivity index (χ3v) is 7.32. The second kappa shape index (κ2) is 15.6. The Kier molecular flexibility index (Phi) is 12.1. The van der Waals surface area contributed by atoms with Gasteiger partial charge in [-0.15, -0.1) is 0 Å². The maximum atomic E-state index is 13.2. The van der Waals surface area contributed by atoms with E-state index in [1.165, 1.54) is 11.1 Å². The first-order valence-electron chi connectivity index (χ1n) is 14.5. The van der Waals surface area contributed by atoms with Crippen LogP contribution in [-0.2, 0) is 22.4 Å². The number of guanidine groups is 1. The van der Waals surface area contributed by atoms with Crippen molar-refractivity contribution in [2.24, 2.45) is 5.73 Å². The largest absolute Gasteiger partial charge is 0.490 e. The number of carbonyl (C=O) groups excluding carboxylic acids is 1. The Balaban J connectivity index is 0.000000376. The van der Waals surface area contributed by atoms with Crippen molar-refractivity contribution >= 4 is 46.2 Å². The number of anilines is 2. The van der Waals surface area contributed by atoms with E-state index in [9.17, 15) is 31.1 Å². The molecular weight excluding hydrogens is 652 g/mol. The van der Waals surface area contributed by atoms with E-state index in [1.807, 2.05) is 31.2 Å². The van der Waals surface area contributed by atoms with Crippen molar-refractivity contribution in [3.8, 4) is 0 Å². The van der Waals surface area contributed by atoms with Gasteiger partial charge in [-0.05, 0) is 74.4 Å². The standard InChI is InChI=1S/C26H31N7O.2C2HF3O2/c1-15-9-12-20-19(13-15)23(31-21-7-2-3-8-22(21)32-26(27)28)33-24(30-20)25(34)29-18-11-10-16-5-4-6-17(16)14-18;2*3-2(4,5)1(6)7/h9-14,21-22H,2-8H2,1H3,(H,29,34)(H4,27,28,32)(H,30,31,33);2*(H,6,7). The summed E-state index contributed by atoms with van der Waals surface area (Å²) >= 11 is 0. The second-order valence-corrected chi connectivity index (χ2v) is 11.0. The fraction of sp³-hybridized carbons (Fsp3) is 0.400. The Morgan fingerprint density at radius 1 is 0.854 bits per heavy atom. The zero-order chi connectivity index (χ0) is 35.8. The van der Waals surface area contributed by atoms with Gasteiger partial charge in [-0.2, -0.15) is 26.3 Å². The number of carbonyl (C=O) groups is 3. The first-order chi connectivity index (χ1) is 22.3. The summed E-state index contributed by atoms with van der Waals surface area (Å²) in [5.74, 6) is -5.11. The number of amides is 1. The maximum Gasteiger partial charge on any atom is 0.490 e. The molecule has 260 valence electrons. The van der Waals surface area contributed by atoms with Crippen LogP contribution < -0.4 is 21.7 Å². The van der Waals surface area contributed by atoms with Crippen LogP contribution in [0, 0.1) is 12.3 Å². The summed E-state index contributed by atoms with van der Waals surface area (Å²) in [6, 6.07) is 12.1. The molecule has 0 radical (unpaired) electrons. The minimum atomic E-state index is -5.08. The number of fused-ring (bicyclic) bond motifs is 2. The summed E-state index contributed by atoms with van der Waals surface area (Å²) in [7, 11) is 0. The molecule has 2 aromatic carbocycles. The Morgan fingerprint density at radius 3 is 2.02 bits per heavy atom. The van der Waals surface area contributed by atoms with E-state index in [4.69, 9.17) is 30.9 Å². The second-order valence-electron chi connectivity index (χ2n) is 11.0. The number of benzene rings is 2.